The van der Waals surface area contributed by atoms with E-state index in [0.717, 1.165) is 18.7 Å². The number of amides is 1. The van der Waals surface area contributed by atoms with Gasteiger partial charge in [0, 0.05) is 37.0 Å². The Bertz CT molecular complexity index is 639. The van der Waals surface area contributed by atoms with Gasteiger partial charge in [0.15, 0.2) is 0 Å². The Morgan fingerprint density at radius 1 is 1.48 bits per heavy atom. The van der Waals surface area contributed by atoms with Gasteiger partial charge in [-0.15, -0.1) is 0 Å². The molecule has 2 aromatic rings. The zero-order valence-corrected chi connectivity index (χ0v) is 11.2. The Morgan fingerprint density at radius 3 is 2.90 bits per heavy atom. The minimum Gasteiger partial charge on any atom is -0.379 e. The van der Waals surface area contributed by atoms with Crippen LogP contribution in [0.15, 0.2) is 30.6 Å². The van der Waals surface area contributed by atoms with E-state index in [-0.39, 0.29) is 11.3 Å². The lowest BCUT2D eigenvalue weighted by Crippen LogP contribution is -2.12. The maximum absolute atomic E-state index is 11.0. The normalized spacial score (nSPS) is 10.3. The number of primary amides is 1. The first-order valence-corrected chi connectivity index (χ1v) is 6.38. The van der Waals surface area contributed by atoms with E-state index in [9.17, 15) is 14.9 Å². The lowest BCUT2D eigenvalue weighted by molar-refractivity contribution is -0.384. The smallest absolute Gasteiger partial charge is 0.293 e. The predicted molar refractivity (Wildman–Crippen MR) is 77.0 cm³/mol. The average molecular weight is 289 g/mol. The Kier molecular flexibility index (Phi) is 4.50. The number of H-pyrrole nitrogens is 1. The minimum absolute atomic E-state index is 0.114. The summed E-state index contributed by atoms with van der Waals surface area (Å²) in [5.74, 6) is 0.179. The minimum atomic E-state index is -0.692. The molecular formula is C13H15N5O3. The number of nitrogens with one attached hydrogen (secondary N) is 2. The molecule has 1 heterocycles. The second-order valence-electron chi connectivity index (χ2n) is 4.42. The zero-order chi connectivity index (χ0) is 15.2. The number of hydrogen-bond acceptors (Lipinski definition) is 5. The van der Waals surface area contributed by atoms with Crippen LogP contribution in [0.25, 0.3) is 0 Å². The molecule has 4 N–H and O–H groups in total. The predicted octanol–water partition coefficient (Wildman–Crippen LogP) is 1.46. The summed E-state index contributed by atoms with van der Waals surface area (Å²) in [6, 6.07) is 4.13. The Balaban J connectivity index is 1.98. The van der Waals surface area contributed by atoms with Gasteiger partial charge in [0.05, 0.1) is 4.92 Å². The second kappa shape index (κ2) is 6.51. The molecule has 0 fully saturated rings. The molecule has 1 aromatic carbocycles. The Morgan fingerprint density at radius 2 is 2.29 bits per heavy atom. The molecule has 0 spiro atoms. The molecule has 0 atom stereocenters. The number of carbonyl (C=O) groups is 1. The first-order valence-electron chi connectivity index (χ1n) is 6.38. The van der Waals surface area contributed by atoms with E-state index in [1.165, 1.54) is 18.2 Å². The number of hydrogen-bond donors (Lipinski definition) is 3. The van der Waals surface area contributed by atoms with Crippen LogP contribution in [0.4, 0.5) is 11.4 Å². The van der Waals surface area contributed by atoms with Crippen molar-refractivity contribution in [2.24, 2.45) is 5.73 Å². The Labute approximate surface area is 120 Å². The molecular weight excluding hydrogens is 274 g/mol. The van der Waals surface area contributed by atoms with Crippen LogP contribution in [-0.2, 0) is 6.42 Å². The molecule has 2 rings (SSSR count). The highest BCUT2D eigenvalue weighted by atomic mass is 16.6. The average Bonchev–Trinajstić information content (AvgIpc) is 2.96. The molecule has 0 saturated carbocycles. The van der Waals surface area contributed by atoms with Crippen molar-refractivity contribution in [2.45, 2.75) is 12.8 Å². The summed E-state index contributed by atoms with van der Waals surface area (Å²) < 4.78 is 0. The van der Waals surface area contributed by atoms with Crippen molar-refractivity contribution in [3.8, 4) is 0 Å². The molecule has 0 aliphatic carbocycles. The summed E-state index contributed by atoms with van der Waals surface area (Å²) in [4.78, 5) is 28.6. The summed E-state index contributed by atoms with van der Waals surface area (Å²) in [7, 11) is 0. The molecule has 0 aliphatic rings. The molecule has 1 aromatic heterocycles. The molecule has 8 heteroatoms. The number of nitrogens with two attached hydrogens (primary N) is 1. The van der Waals surface area contributed by atoms with Gasteiger partial charge in [-0.1, -0.05) is 0 Å². The summed E-state index contributed by atoms with van der Waals surface area (Å²) in [5.41, 5.74) is 5.43. The van der Waals surface area contributed by atoms with Gasteiger partial charge in [-0.05, 0) is 18.6 Å². The number of nitrogens with zero attached hydrogens (tertiary/aromatic N) is 2. The van der Waals surface area contributed by atoms with Crippen LogP contribution in [0.5, 0.6) is 0 Å². The number of nitro groups is 1. The van der Waals surface area contributed by atoms with Crippen LogP contribution < -0.4 is 11.1 Å². The van der Waals surface area contributed by atoms with Crippen LogP contribution in [0.3, 0.4) is 0 Å². The van der Waals surface area contributed by atoms with Gasteiger partial charge >= 0.3 is 0 Å². The topological polar surface area (TPSA) is 127 Å². The molecule has 1 amide bonds. The van der Waals surface area contributed by atoms with Crippen molar-refractivity contribution in [3.05, 3.63) is 52.1 Å². The molecule has 0 unspecified atom stereocenters. The fraction of sp³-hybridized carbons (Fsp3) is 0.231. The third-order valence-electron chi connectivity index (χ3n) is 2.94. The number of imidazole rings is 1. The van der Waals surface area contributed by atoms with Crippen LogP contribution >= 0.6 is 0 Å². The highest BCUT2D eigenvalue weighted by molar-refractivity contribution is 5.94. The van der Waals surface area contributed by atoms with Crippen molar-refractivity contribution in [3.63, 3.8) is 0 Å². The zero-order valence-electron chi connectivity index (χ0n) is 11.2. The quantitative estimate of drug-likeness (QED) is 0.404. The van der Waals surface area contributed by atoms with Gasteiger partial charge in [-0.25, -0.2) is 4.98 Å². The van der Waals surface area contributed by atoms with E-state index in [1.807, 2.05) is 0 Å². The van der Waals surface area contributed by atoms with Crippen LogP contribution in [0.2, 0.25) is 0 Å². The monoisotopic (exact) mass is 289 g/mol. The number of nitro benzene ring substituents is 1. The lowest BCUT2D eigenvalue weighted by atomic mass is 10.1. The molecule has 8 nitrogen and oxygen atoms in total. The number of benzene rings is 1. The van der Waals surface area contributed by atoms with Gasteiger partial charge in [-0.2, -0.15) is 0 Å². The van der Waals surface area contributed by atoms with E-state index in [1.54, 1.807) is 12.4 Å². The van der Waals surface area contributed by atoms with Gasteiger partial charge in [0.1, 0.15) is 11.5 Å². The number of aryl methyl sites for hydroxylation is 1. The molecule has 0 saturated heterocycles. The summed E-state index contributed by atoms with van der Waals surface area (Å²) in [6.45, 7) is 0.553. The summed E-state index contributed by atoms with van der Waals surface area (Å²) >= 11 is 0. The highest BCUT2D eigenvalue weighted by Gasteiger charge is 2.16. The van der Waals surface area contributed by atoms with E-state index in [0.29, 0.717) is 12.2 Å². The van der Waals surface area contributed by atoms with E-state index in [2.05, 4.69) is 15.3 Å². The molecule has 0 bridgehead atoms. The summed E-state index contributed by atoms with van der Waals surface area (Å²) in [5, 5.41) is 14.0. The largest absolute Gasteiger partial charge is 0.379 e. The number of carbonyl (C=O) groups excluding carboxylic acids is 1. The number of aromatic amines is 1. The van der Waals surface area contributed by atoms with Gasteiger partial charge < -0.3 is 16.0 Å². The van der Waals surface area contributed by atoms with Crippen molar-refractivity contribution >= 4 is 17.3 Å². The summed E-state index contributed by atoms with van der Waals surface area (Å²) in [6.07, 6.45) is 4.93. The third-order valence-corrected chi connectivity index (χ3v) is 2.94. The van der Waals surface area contributed by atoms with Crippen LogP contribution in [0.1, 0.15) is 22.6 Å². The number of aromatic nitrogens is 2. The first kappa shape index (κ1) is 14.5. The van der Waals surface area contributed by atoms with Crippen LogP contribution in [0, 0.1) is 10.1 Å². The maximum Gasteiger partial charge on any atom is 0.293 e. The molecule has 21 heavy (non-hydrogen) atoms. The van der Waals surface area contributed by atoms with Gasteiger partial charge in [0.25, 0.3) is 5.69 Å². The lowest BCUT2D eigenvalue weighted by Gasteiger charge is -2.07. The second-order valence-corrected chi connectivity index (χ2v) is 4.42. The van der Waals surface area contributed by atoms with Crippen molar-refractivity contribution in [1.82, 2.24) is 9.97 Å². The number of anilines is 1. The van der Waals surface area contributed by atoms with Crippen molar-refractivity contribution in [2.75, 3.05) is 11.9 Å². The standard InChI is InChI=1S/C13H15N5O3/c14-13(19)9-3-4-10(11(8-9)18(20)21)15-5-1-2-12-16-6-7-17-12/h3-4,6-8,15H,1-2,5H2,(H2,14,19)(H,16,17). The molecule has 0 aliphatic heterocycles. The van der Waals surface area contributed by atoms with E-state index >= 15 is 0 Å². The highest BCUT2D eigenvalue weighted by Crippen LogP contribution is 2.25. The molecule has 110 valence electrons. The number of rotatable bonds is 7. The van der Waals surface area contributed by atoms with Crippen molar-refractivity contribution in [1.29, 1.82) is 0 Å². The van der Waals surface area contributed by atoms with Gasteiger partial charge in [-0.3, -0.25) is 14.9 Å². The van der Waals surface area contributed by atoms with Crippen molar-refractivity contribution < 1.29 is 9.72 Å². The fourth-order valence-electron chi connectivity index (χ4n) is 1.90. The first-order chi connectivity index (χ1) is 10.1. The third kappa shape index (κ3) is 3.78. The Hall–Kier alpha value is -2.90. The fourth-order valence-corrected chi connectivity index (χ4v) is 1.90. The SMILES string of the molecule is NC(=O)c1ccc(NCCCc2ncc[nH]2)c([N+](=O)[O-])c1. The maximum atomic E-state index is 11.0. The molecule has 0 radical (unpaired) electrons. The van der Waals surface area contributed by atoms with Gasteiger partial charge in [0.2, 0.25) is 5.91 Å². The van der Waals surface area contributed by atoms with Crippen LogP contribution in [-0.4, -0.2) is 27.3 Å². The van der Waals surface area contributed by atoms with E-state index in [4.69, 9.17) is 5.73 Å². The van der Waals surface area contributed by atoms with E-state index < -0.39 is 10.8 Å².